The van der Waals surface area contributed by atoms with Gasteiger partial charge in [0.2, 0.25) is 0 Å². The van der Waals surface area contributed by atoms with Crippen LogP contribution >= 0.6 is 0 Å². The Morgan fingerprint density at radius 3 is 3.00 bits per heavy atom. The monoisotopic (exact) mass is 254 g/mol. The Kier molecular flexibility index (Phi) is 4.16. The summed E-state index contributed by atoms with van der Waals surface area (Å²) in [7, 11) is 0. The number of ether oxygens (including phenoxy) is 1. The zero-order valence-corrected chi connectivity index (χ0v) is 10.5. The fourth-order valence-electron chi connectivity index (χ4n) is 2.16. The zero-order valence-electron chi connectivity index (χ0n) is 10.5. The summed E-state index contributed by atoms with van der Waals surface area (Å²) in [4.78, 5) is 1.85. The van der Waals surface area contributed by atoms with E-state index < -0.39 is 0 Å². The molecule has 1 aliphatic heterocycles. The van der Waals surface area contributed by atoms with E-state index in [1.807, 2.05) is 17.9 Å². The second-order valence-electron chi connectivity index (χ2n) is 4.60. The number of benzene rings is 1. The molecule has 0 spiro atoms. The van der Waals surface area contributed by atoms with E-state index in [1.165, 1.54) is 6.07 Å². The highest BCUT2D eigenvalue weighted by Crippen LogP contribution is 2.25. The lowest BCUT2D eigenvalue weighted by Gasteiger charge is -2.36. The quantitative estimate of drug-likeness (QED) is 0.846. The Labute approximate surface area is 106 Å². The van der Waals surface area contributed by atoms with Gasteiger partial charge < -0.3 is 20.5 Å². The van der Waals surface area contributed by atoms with Gasteiger partial charge in [0.1, 0.15) is 5.82 Å². The van der Waals surface area contributed by atoms with Crippen molar-refractivity contribution in [2.75, 3.05) is 31.3 Å². The largest absolute Gasteiger partial charge is 0.394 e. The van der Waals surface area contributed by atoms with Crippen molar-refractivity contribution in [1.29, 1.82) is 0 Å². The van der Waals surface area contributed by atoms with Crippen LogP contribution in [0.2, 0.25) is 0 Å². The summed E-state index contributed by atoms with van der Waals surface area (Å²) in [6.07, 6.45) is 0. The highest BCUT2D eigenvalue weighted by atomic mass is 19.1. The van der Waals surface area contributed by atoms with E-state index in [1.54, 1.807) is 6.07 Å². The number of morpholine rings is 1. The van der Waals surface area contributed by atoms with Gasteiger partial charge in [-0.2, -0.15) is 0 Å². The van der Waals surface area contributed by atoms with Crippen LogP contribution in [0.15, 0.2) is 18.2 Å². The third-order valence-electron chi connectivity index (χ3n) is 3.25. The molecule has 1 aromatic carbocycles. The van der Waals surface area contributed by atoms with Crippen LogP contribution in [0.3, 0.4) is 0 Å². The van der Waals surface area contributed by atoms with Gasteiger partial charge in [-0.25, -0.2) is 4.39 Å². The number of aliphatic hydroxyl groups is 1. The van der Waals surface area contributed by atoms with E-state index in [9.17, 15) is 9.50 Å². The molecule has 1 aromatic rings. The standard InChI is InChI=1S/C13H19FN2O2/c1-9(15)10-2-3-13(12(14)6-10)16-4-5-18-8-11(16)7-17/h2-3,6,9,11,17H,4-5,7-8,15H2,1H3. The molecule has 1 saturated heterocycles. The first-order chi connectivity index (χ1) is 8.63. The molecule has 2 unspecified atom stereocenters. The Bertz CT molecular complexity index is 412. The van der Waals surface area contributed by atoms with Gasteiger partial charge in [-0.15, -0.1) is 0 Å². The SMILES string of the molecule is CC(N)c1ccc(N2CCOCC2CO)c(F)c1. The minimum absolute atomic E-state index is 0.0471. The molecule has 1 heterocycles. The number of nitrogens with two attached hydrogens (primary N) is 1. The van der Waals surface area contributed by atoms with Crippen molar-refractivity contribution in [2.45, 2.75) is 19.0 Å². The van der Waals surface area contributed by atoms with Crippen LogP contribution in [0.4, 0.5) is 10.1 Å². The van der Waals surface area contributed by atoms with E-state index in [2.05, 4.69) is 0 Å². The van der Waals surface area contributed by atoms with Gasteiger partial charge in [0.15, 0.2) is 0 Å². The third-order valence-corrected chi connectivity index (χ3v) is 3.25. The minimum Gasteiger partial charge on any atom is -0.394 e. The lowest BCUT2D eigenvalue weighted by Crippen LogP contribution is -2.48. The summed E-state index contributed by atoms with van der Waals surface area (Å²) in [5, 5.41) is 9.29. The molecule has 2 atom stereocenters. The lowest BCUT2D eigenvalue weighted by atomic mass is 10.1. The van der Waals surface area contributed by atoms with E-state index in [0.29, 0.717) is 25.4 Å². The Morgan fingerprint density at radius 1 is 1.61 bits per heavy atom. The average molecular weight is 254 g/mol. The second-order valence-corrected chi connectivity index (χ2v) is 4.60. The van der Waals surface area contributed by atoms with Crippen molar-refractivity contribution in [3.05, 3.63) is 29.6 Å². The van der Waals surface area contributed by atoms with Crippen molar-refractivity contribution in [1.82, 2.24) is 0 Å². The molecule has 0 aliphatic carbocycles. The number of hydrogen-bond donors (Lipinski definition) is 2. The molecule has 5 heteroatoms. The smallest absolute Gasteiger partial charge is 0.146 e. The van der Waals surface area contributed by atoms with Crippen LogP contribution in [0.5, 0.6) is 0 Å². The molecule has 18 heavy (non-hydrogen) atoms. The Balaban J connectivity index is 2.26. The molecular weight excluding hydrogens is 235 g/mol. The van der Waals surface area contributed by atoms with Crippen LogP contribution in [0.1, 0.15) is 18.5 Å². The number of halogens is 1. The van der Waals surface area contributed by atoms with Crippen LogP contribution in [0.25, 0.3) is 0 Å². The average Bonchev–Trinajstić information content (AvgIpc) is 2.38. The fourth-order valence-corrected chi connectivity index (χ4v) is 2.16. The van der Waals surface area contributed by atoms with Crippen molar-refractivity contribution in [3.63, 3.8) is 0 Å². The summed E-state index contributed by atoms with van der Waals surface area (Å²) in [6.45, 7) is 3.32. The van der Waals surface area contributed by atoms with Gasteiger partial charge in [-0.1, -0.05) is 6.07 Å². The van der Waals surface area contributed by atoms with Gasteiger partial charge in [0.05, 0.1) is 31.5 Å². The molecule has 1 fully saturated rings. The van der Waals surface area contributed by atoms with E-state index in [0.717, 1.165) is 5.56 Å². The van der Waals surface area contributed by atoms with Gasteiger partial charge in [-0.3, -0.25) is 0 Å². The highest BCUT2D eigenvalue weighted by molar-refractivity contribution is 5.51. The molecule has 0 aromatic heterocycles. The van der Waals surface area contributed by atoms with Crippen LogP contribution in [-0.4, -0.2) is 37.5 Å². The summed E-state index contributed by atoms with van der Waals surface area (Å²) >= 11 is 0. The van der Waals surface area contributed by atoms with Gasteiger partial charge >= 0.3 is 0 Å². The Morgan fingerprint density at radius 2 is 2.39 bits per heavy atom. The molecule has 4 nitrogen and oxygen atoms in total. The number of anilines is 1. The minimum atomic E-state index is -0.301. The first kappa shape index (κ1) is 13.3. The molecular formula is C13H19FN2O2. The third kappa shape index (κ3) is 2.63. The second kappa shape index (κ2) is 5.65. The molecule has 2 rings (SSSR count). The maximum Gasteiger partial charge on any atom is 0.146 e. The predicted molar refractivity (Wildman–Crippen MR) is 68.0 cm³/mol. The first-order valence-corrected chi connectivity index (χ1v) is 6.13. The summed E-state index contributed by atoms with van der Waals surface area (Å²) in [5.74, 6) is -0.301. The van der Waals surface area contributed by atoms with Gasteiger partial charge in [0.25, 0.3) is 0 Å². The lowest BCUT2D eigenvalue weighted by molar-refractivity contribution is 0.0723. The molecule has 0 radical (unpaired) electrons. The molecule has 0 saturated carbocycles. The highest BCUT2D eigenvalue weighted by Gasteiger charge is 2.24. The van der Waals surface area contributed by atoms with E-state index in [-0.39, 0.29) is 24.5 Å². The molecule has 0 amide bonds. The van der Waals surface area contributed by atoms with Crippen LogP contribution in [0, 0.1) is 5.82 Å². The molecule has 1 aliphatic rings. The number of hydrogen-bond acceptors (Lipinski definition) is 4. The maximum atomic E-state index is 14.1. The summed E-state index contributed by atoms with van der Waals surface area (Å²) in [6, 6.07) is 4.64. The van der Waals surface area contributed by atoms with Crippen molar-refractivity contribution >= 4 is 5.69 Å². The molecule has 3 N–H and O–H groups in total. The number of rotatable bonds is 3. The zero-order chi connectivity index (χ0) is 13.1. The van der Waals surface area contributed by atoms with Crippen molar-refractivity contribution in [2.24, 2.45) is 5.73 Å². The summed E-state index contributed by atoms with van der Waals surface area (Å²) < 4.78 is 19.4. The number of nitrogens with zero attached hydrogens (tertiary/aromatic N) is 1. The topological polar surface area (TPSA) is 58.7 Å². The number of aliphatic hydroxyl groups excluding tert-OH is 1. The molecule has 0 bridgehead atoms. The van der Waals surface area contributed by atoms with E-state index in [4.69, 9.17) is 10.5 Å². The predicted octanol–water partition coefficient (Wildman–Crippen LogP) is 1.04. The molecule has 100 valence electrons. The van der Waals surface area contributed by atoms with E-state index >= 15 is 0 Å². The van der Waals surface area contributed by atoms with Crippen molar-refractivity contribution in [3.8, 4) is 0 Å². The van der Waals surface area contributed by atoms with Gasteiger partial charge in [-0.05, 0) is 24.6 Å². The fraction of sp³-hybridized carbons (Fsp3) is 0.538. The first-order valence-electron chi connectivity index (χ1n) is 6.13. The normalized spacial score (nSPS) is 22.0. The van der Waals surface area contributed by atoms with Gasteiger partial charge in [0, 0.05) is 12.6 Å². The van der Waals surface area contributed by atoms with Crippen LogP contribution < -0.4 is 10.6 Å². The maximum absolute atomic E-state index is 14.1. The van der Waals surface area contributed by atoms with Crippen molar-refractivity contribution < 1.29 is 14.2 Å². The Hall–Kier alpha value is -1.17. The van der Waals surface area contributed by atoms with Crippen LogP contribution in [-0.2, 0) is 4.74 Å². The summed E-state index contributed by atoms with van der Waals surface area (Å²) in [5.41, 5.74) is 6.99.